The number of fused-ring (bicyclic) bond motifs is 1. The molecule has 0 saturated carbocycles. The number of carboxylic acid groups (broad SMARTS) is 1. The van der Waals surface area contributed by atoms with E-state index in [4.69, 9.17) is 27.2 Å². The molecule has 1 aromatic heterocycles. The fourth-order valence-electron chi connectivity index (χ4n) is 1.99. The molecule has 0 spiro atoms. The highest BCUT2D eigenvalue weighted by Crippen LogP contribution is 2.33. The molecule has 1 aromatic carbocycles. The number of nitrogens with two attached hydrogens (primary N) is 1. The summed E-state index contributed by atoms with van der Waals surface area (Å²) in [4.78, 5) is 14.0. The van der Waals surface area contributed by atoms with Crippen LogP contribution in [-0.4, -0.2) is 29.7 Å². The molecule has 0 amide bonds. The van der Waals surface area contributed by atoms with Crippen LogP contribution in [0.15, 0.2) is 12.1 Å². The van der Waals surface area contributed by atoms with Gasteiger partial charge in [-0.15, -0.1) is 0 Å². The third kappa shape index (κ3) is 2.02. The predicted molar refractivity (Wildman–Crippen MR) is 69.6 cm³/mol. The Morgan fingerprint density at radius 3 is 2.83 bits per heavy atom. The van der Waals surface area contributed by atoms with Gasteiger partial charge in [-0.3, -0.25) is 0 Å². The summed E-state index contributed by atoms with van der Waals surface area (Å²) in [6.07, 6.45) is 0.479. The second-order valence-electron chi connectivity index (χ2n) is 3.85. The Kier molecular flexibility index (Phi) is 3.45. The van der Waals surface area contributed by atoms with Crippen molar-refractivity contribution in [1.82, 2.24) is 4.98 Å². The van der Waals surface area contributed by atoms with Crippen LogP contribution in [0.3, 0.4) is 0 Å². The van der Waals surface area contributed by atoms with Crippen molar-refractivity contribution in [2.45, 2.75) is 6.42 Å². The van der Waals surface area contributed by atoms with E-state index in [-0.39, 0.29) is 5.69 Å². The van der Waals surface area contributed by atoms with Crippen molar-refractivity contribution in [3.05, 3.63) is 28.4 Å². The van der Waals surface area contributed by atoms with Crippen molar-refractivity contribution < 1.29 is 14.6 Å². The van der Waals surface area contributed by atoms with Gasteiger partial charge in [0.05, 0.1) is 12.1 Å². The van der Waals surface area contributed by atoms with E-state index in [1.807, 2.05) is 0 Å². The first-order valence-corrected chi connectivity index (χ1v) is 5.77. The van der Waals surface area contributed by atoms with Gasteiger partial charge in [-0.25, -0.2) is 4.79 Å². The lowest BCUT2D eigenvalue weighted by molar-refractivity contribution is 0.0690. The predicted octanol–water partition coefficient (Wildman–Crippen LogP) is 2.03. The van der Waals surface area contributed by atoms with Crippen LogP contribution in [0.25, 0.3) is 10.9 Å². The number of rotatable bonds is 4. The largest absolute Gasteiger partial charge is 0.495 e. The van der Waals surface area contributed by atoms with Gasteiger partial charge >= 0.3 is 5.97 Å². The Hall–Kier alpha value is -1.72. The number of halogens is 1. The Balaban J connectivity index is 2.73. The molecule has 0 aliphatic carbocycles. The van der Waals surface area contributed by atoms with Crippen LogP contribution in [-0.2, 0) is 6.42 Å². The number of aromatic amines is 1. The molecule has 2 rings (SSSR count). The molecule has 5 nitrogen and oxygen atoms in total. The van der Waals surface area contributed by atoms with Gasteiger partial charge in [0, 0.05) is 10.9 Å². The van der Waals surface area contributed by atoms with Crippen molar-refractivity contribution in [3.63, 3.8) is 0 Å². The highest BCUT2D eigenvalue weighted by Gasteiger charge is 2.18. The summed E-state index contributed by atoms with van der Waals surface area (Å²) in [5, 5.41) is 10.4. The zero-order chi connectivity index (χ0) is 13.3. The molecule has 0 saturated heterocycles. The van der Waals surface area contributed by atoms with Crippen LogP contribution in [0.2, 0.25) is 5.02 Å². The number of aromatic nitrogens is 1. The summed E-state index contributed by atoms with van der Waals surface area (Å²) in [6.45, 7) is 0.373. The quantitative estimate of drug-likeness (QED) is 0.792. The number of H-pyrrole nitrogens is 1. The van der Waals surface area contributed by atoms with Gasteiger partial charge in [-0.05, 0) is 30.7 Å². The SMILES string of the molecule is COc1cc2c(CCN)c(C(=O)O)[nH]c2cc1Cl. The maximum absolute atomic E-state index is 11.2. The van der Waals surface area contributed by atoms with E-state index in [0.717, 1.165) is 5.39 Å². The van der Waals surface area contributed by atoms with Gasteiger partial charge in [0.25, 0.3) is 0 Å². The molecule has 18 heavy (non-hydrogen) atoms. The van der Waals surface area contributed by atoms with Crippen LogP contribution in [0.1, 0.15) is 16.1 Å². The molecule has 2 aromatic rings. The van der Waals surface area contributed by atoms with Gasteiger partial charge in [-0.1, -0.05) is 11.6 Å². The molecule has 4 N–H and O–H groups in total. The first-order chi connectivity index (χ1) is 8.58. The minimum Gasteiger partial charge on any atom is -0.495 e. The summed E-state index contributed by atoms with van der Waals surface area (Å²) in [6, 6.07) is 3.38. The number of aromatic carboxylic acids is 1. The summed E-state index contributed by atoms with van der Waals surface area (Å²) in [5.74, 6) is -0.497. The van der Waals surface area contributed by atoms with Gasteiger partial charge in [0.15, 0.2) is 0 Å². The van der Waals surface area contributed by atoms with Crippen LogP contribution in [0.4, 0.5) is 0 Å². The number of nitrogens with one attached hydrogen (secondary N) is 1. The highest BCUT2D eigenvalue weighted by molar-refractivity contribution is 6.32. The first-order valence-electron chi connectivity index (χ1n) is 5.40. The number of hydrogen-bond donors (Lipinski definition) is 3. The fraction of sp³-hybridized carbons (Fsp3) is 0.250. The number of carboxylic acids is 1. The monoisotopic (exact) mass is 268 g/mol. The Labute approximate surface area is 108 Å². The van der Waals surface area contributed by atoms with Crippen molar-refractivity contribution in [3.8, 4) is 5.75 Å². The second-order valence-corrected chi connectivity index (χ2v) is 4.26. The highest BCUT2D eigenvalue weighted by atomic mass is 35.5. The van der Waals surface area contributed by atoms with E-state index in [9.17, 15) is 4.79 Å². The number of methoxy groups -OCH3 is 1. The van der Waals surface area contributed by atoms with Gasteiger partial charge < -0.3 is 20.6 Å². The van der Waals surface area contributed by atoms with E-state index in [1.54, 1.807) is 12.1 Å². The van der Waals surface area contributed by atoms with Crippen LogP contribution in [0, 0.1) is 0 Å². The normalized spacial score (nSPS) is 10.8. The lowest BCUT2D eigenvalue weighted by Gasteiger charge is -2.04. The van der Waals surface area contributed by atoms with E-state index in [0.29, 0.717) is 34.8 Å². The molecule has 0 atom stereocenters. The average molecular weight is 269 g/mol. The minimum absolute atomic E-state index is 0.153. The summed E-state index contributed by atoms with van der Waals surface area (Å²) < 4.78 is 5.13. The molecule has 1 heterocycles. The van der Waals surface area contributed by atoms with Gasteiger partial charge in [0.1, 0.15) is 11.4 Å². The van der Waals surface area contributed by atoms with Crippen LogP contribution >= 0.6 is 11.6 Å². The summed E-state index contributed by atoms with van der Waals surface area (Å²) >= 11 is 6.00. The number of carbonyl (C=O) groups is 1. The topological polar surface area (TPSA) is 88.3 Å². The molecule has 0 aliphatic rings. The smallest absolute Gasteiger partial charge is 0.352 e. The minimum atomic E-state index is -1.01. The van der Waals surface area contributed by atoms with Crippen LogP contribution in [0.5, 0.6) is 5.75 Å². The van der Waals surface area contributed by atoms with E-state index < -0.39 is 5.97 Å². The average Bonchev–Trinajstić information content (AvgIpc) is 2.67. The molecular formula is C12H13ClN2O3. The van der Waals surface area contributed by atoms with Gasteiger partial charge in [-0.2, -0.15) is 0 Å². The summed E-state index contributed by atoms with van der Waals surface area (Å²) in [7, 11) is 1.51. The zero-order valence-corrected chi connectivity index (χ0v) is 10.5. The molecule has 0 bridgehead atoms. The molecular weight excluding hydrogens is 256 g/mol. The standard InChI is InChI=1S/C12H13ClN2O3/c1-18-10-4-7-6(2-3-14)11(12(16)17)15-9(7)5-8(10)13/h4-5,15H,2-3,14H2,1H3,(H,16,17). The summed E-state index contributed by atoms with van der Waals surface area (Å²) in [5.41, 5.74) is 7.01. The third-order valence-corrected chi connectivity index (χ3v) is 3.08. The van der Waals surface area contributed by atoms with E-state index in [2.05, 4.69) is 4.98 Å². The van der Waals surface area contributed by atoms with Crippen molar-refractivity contribution >= 4 is 28.5 Å². The Morgan fingerprint density at radius 1 is 1.56 bits per heavy atom. The van der Waals surface area contributed by atoms with E-state index in [1.165, 1.54) is 7.11 Å². The fourth-order valence-corrected chi connectivity index (χ4v) is 2.24. The Morgan fingerprint density at radius 2 is 2.28 bits per heavy atom. The van der Waals surface area contributed by atoms with Gasteiger partial charge in [0.2, 0.25) is 0 Å². The molecule has 96 valence electrons. The number of hydrogen-bond acceptors (Lipinski definition) is 3. The number of benzene rings is 1. The molecule has 0 radical (unpaired) electrons. The van der Waals surface area contributed by atoms with E-state index >= 15 is 0 Å². The maximum atomic E-state index is 11.2. The molecule has 6 heteroatoms. The van der Waals surface area contributed by atoms with Crippen molar-refractivity contribution in [1.29, 1.82) is 0 Å². The molecule has 0 unspecified atom stereocenters. The lowest BCUT2D eigenvalue weighted by Crippen LogP contribution is -2.07. The molecule has 0 fully saturated rings. The molecule has 0 aliphatic heterocycles. The van der Waals surface area contributed by atoms with Crippen molar-refractivity contribution in [2.24, 2.45) is 5.73 Å². The van der Waals surface area contributed by atoms with Crippen LogP contribution < -0.4 is 10.5 Å². The third-order valence-electron chi connectivity index (χ3n) is 2.79. The first kappa shape index (κ1) is 12.7. The lowest BCUT2D eigenvalue weighted by atomic mass is 10.1. The number of ether oxygens (including phenoxy) is 1. The Bertz CT molecular complexity index is 607. The zero-order valence-electron chi connectivity index (χ0n) is 9.79. The maximum Gasteiger partial charge on any atom is 0.352 e. The second kappa shape index (κ2) is 4.88. The van der Waals surface area contributed by atoms with Crippen molar-refractivity contribution in [2.75, 3.05) is 13.7 Å².